The first-order chi connectivity index (χ1) is 10.2. The molecule has 1 N–H and O–H groups in total. The van der Waals surface area contributed by atoms with E-state index in [0.29, 0.717) is 16.1 Å². The van der Waals surface area contributed by atoms with Gasteiger partial charge in [-0.15, -0.1) is 0 Å². The van der Waals surface area contributed by atoms with E-state index in [1.54, 1.807) is 0 Å². The zero-order valence-corrected chi connectivity index (χ0v) is 13.3. The summed E-state index contributed by atoms with van der Waals surface area (Å²) in [5.41, 5.74) is 2.01. The molecule has 2 aromatic carbocycles. The topological polar surface area (TPSA) is 21.3 Å². The van der Waals surface area contributed by atoms with Crippen molar-refractivity contribution >= 4 is 23.2 Å². The predicted octanol–water partition coefficient (Wildman–Crippen LogP) is 4.84. The van der Waals surface area contributed by atoms with Gasteiger partial charge in [-0.1, -0.05) is 41.4 Å². The lowest BCUT2D eigenvalue weighted by Gasteiger charge is -2.20. The Morgan fingerprint density at radius 2 is 1.67 bits per heavy atom. The molecule has 0 spiro atoms. The second kappa shape index (κ2) is 6.27. The van der Waals surface area contributed by atoms with Crippen LogP contribution in [0.4, 0.5) is 0 Å². The maximum atomic E-state index is 6.31. The summed E-state index contributed by atoms with van der Waals surface area (Å²) in [5, 5.41) is 4.61. The van der Waals surface area contributed by atoms with Gasteiger partial charge in [-0.2, -0.15) is 0 Å². The van der Waals surface area contributed by atoms with Gasteiger partial charge in [0.2, 0.25) is 0 Å². The van der Waals surface area contributed by atoms with Gasteiger partial charge in [0.15, 0.2) is 0 Å². The highest BCUT2D eigenvalue weighted by molar-refractivity contribution is 6.36. The molecule has 1 unspecified atom stereocenters. The van der Waals surface area contributed by atoms with Crippen LogP contribution in [0.3, 0.4) is 0 Å². The lowest BCUT2D eigenvalue weighted by Crippen LogP contribution is -2.18. The van der Waals surface area contributed by atoms with Gasteiger partial charge in [-0.25, -0.2) is 0 Å². The summed E-state index contributed by atoms with van der Waals surface area (Å²) in [5.74, 6) is 0.918. The summed E-state index contributed by atoms with van der Waals surface area (Å²) in [6.07, 6.45) is 2.74. The molecule has 0 saturated heterocycles. The normalized spacial score (nSPS) is 15.8. The molecular formula is C17H17Cl2NO. The fraction of sp³-hybridized carbons (Fsp3) is 0.294. The van der Waals surface area contributed by atoms with Crippen LogP contribution >= 0.6 is 23.2 Å². The highest BCUT2D eigenvalue weighted by Crippen LogP contribution is 2.35. The maximum absolute atomic E-state index is 6.31. The van der Waals surface area contributed by atoms with Gasteiger partial charge in [0, 0.05) is 15.6 Å². The first kappa shape index (κ1) is 14.7. The van der Waals surface area contributed by atoms with Gasteiger partial charge in [0.05, 0.1) is 12.1 Å². The molecule has 2 aromatic rings. The largest absolute Gasteiger partial charge is 0.490 e. The Hall–Kier alpha value is -1.22. The van der Waals surface area contributed by atoms with E-state index < -0.39 is 0 Å². The molecule has 1 aliphatic carbocycles. The Kier molecular flexibility index (Phi) is 4.39. The molecular weight excluding hydrogens is 305 g/mol. The number of hydrogen-bond donors (Lipinski definition) is 1. The smallest absolute Gasteiger partial charge is 0.119 e. The summed E-state index contributed by atoms with van der Waals surface area (Å²) in [4.78, 5) is 0. The highest BCUT2D eigenvalue weighted by atomic mass is 35.5. The number of rotatable bonds is 5. The fourth-order valence-corrected chi connectivity index (χ4v) is 3.00. The van der Waals surface area contributed by atoms with E-state index in [9.17, 15) is 0 Å². The first-order valence-corrected chi connectivity index (χ1v) is 7.82. The Morgan fingerprint density at radius 1 is 1.05 bits per heavy atom. The van der Waals surface area contributed by atoms with Gasteiger partial charge < -0.3 is 10.1 Å². The van der Waals surface area contributed by atoms with E-state index in [1.165, 1.54) is 0 Å². The van der Waals surface area contributed by atoms with E-state index in [-0.39, 0.29) is 6.04 Å². The van der Waals surface area contributed by atoms with Crippen LogP contribution in [-0.4, -0.2) is 13.2 Å². The van der Waals surface area contributed by atoms with Crippen molar-refractivity contribution in [3.8, 4) is 5.75 Å². The van der Waals surface area contributed by atoms with Crippen LogP contribution in [0.2, 0.25) is 10.0 Å². The third kappa shape index (κ3) is 3.34. The lowest BCUT2D eigenvalue weighted by molar-refractivity contribution is 0.303. The molecule has 2 nitrogen and oxygen atoms in total. The summed E-state index contributed by atoms with van der Waals surface area (Å²) in [6.45, 7) is 0. The monoisotopic (exact) mass is 321 g/mol. The SMILES string of the molecule is CNC(c1ccc(OC2CC2)cc1)c1c(Cl)cccc1Cl. The second-order valence-electron chi connectivity index (χ2n) is 5.24. The van der Waals surface area contributed by atoms with Gasteiger partial charge >= 0.3 is 0 Å². The van der Waals surface area contributed by atoms with Gasteiger partial charge in [-0.05, 0) is 49.7 Å². The van der Waals surface area contributed by atoms with Crippen molar-refractivity contribution in [2.24, 2.45) is 0 Å². The third-order valence-electron chi connectivity index (χ3n) is 3.62. The number of halogens is 2. The van der Waals surface area contributed by atoms with Crippen LogP contribution in [-0.2, 0) is 0 Å². The number of ether oxygens (including phenoxy) is 1. The number of nitrogens with one attached hydrogen (secondary N) is 1. The highest BCUT2D eigenvalue weighted by Gasteiger charge is 2.24. The summed E-state index contributed by atoms with van der Waals surface area (Å²) in [6, 6.07) is 13.6. The molecule has 0 aliphatic heterocycles. The zero-order valence-electron chi connectivity index (χ0n) is 11.8. The molecule has 1 fully saturated rings. The minimum Gasteiger partial charge on any atom is -0.490 e. The van der Waals surface area contributed by atoms with E-state index in [0.717, 1.165) is 29.7 Å². The van der Waals surface area contributed by atoms with Crippen LogP contribution in [0.5, 0.6) is 5.75 Å². The van der Waals surface area contributed by atoms with E-state index >= 15 is 0 Å². The van der Waals surface area contributed by atoms with Crippen molar-refractivity contribution < 1.29 is 4.74 Å². The van der Waals surface area contributed by atoms with Crippen molar-refractivity contribution in [2.45, 2.75) is 25.0 Å². The lowest BCUT2D eigenvalue weighted by atomic mass is 9.98. The zero-order chi connectivity index (χ0) is 14.8. The average molecular weight is 322 g/mol. The number of hydrogen-bond acceptors (Lipinski definition) is 2. The molecule has 4 heteroatoms. The molecule has 21 heavy (non-hydrogen) atoms. The van der Waals surface area contributed by atoms with Gasteiger partial charge in [0.25, 0.3) is 0 Å². The minimum absolute atomic E-state index is 0.0406. The molecule has 3 rings (SSSR count). The molecule has 110 valence electrons. The van der Waals surface area contributed by atoms with Crippen LogP contribution in [0.1, 0.15) is 30.0 Å². The standard InChI is InChI=1S/C17H17Cl2NO/c1-20-17(16-14(18)3-2-4-15(16)19)11-5-7-12(8-6-11)21-13-9-10-13/h2-8,13,17,20H,9-10H2,1H3. The molecule has 0 bridgehead atoms. The fourth-order valence-electron chi connectivity index (χ4n) is 2.38. The van der Waals surface area contributed by atoms with Crippen LogP contribution in [0.15, 0.2) is 42.5 Å². The Labute approximate surface area is 135 Å². The van der Waals surface area contributed by atoms with E-state index in [4.69, 9.17) is 27.9 Å². The summed E-state index contributed by atoms with van der Waals surface area (Å²) in [7, 11) is 1.90. The second-order valence-corrected chi connectivity index (χ2v) is 6.06. The number of benzene rings is 2. The summed E-state index contributed by atoms with van der Waals surface area (Å²) < 4.78 is 5.77. The van der Waals surface area contributed by atoms with Crippen LogP contribution < -0.4 is 10.1 Å². The maximum Gasteiger partial charge on any atom is 0.119 e. The van der Waals surface area contributed by atoms with Crippen molar-refractivity contribution in [3.63, 3.8) is 0 Å². The van der Waals surface area contributed by atoms with Crippen molar-refractivity contribution in [2.75, 3.05) is 7.05 Å². The molecule has 0 heterocycles. The Bertz CT molecular complexity index is 603. The van der Waals surface area contributed by atoms with Gasteiger partial charge in [-0.3, -0.25) is 0 Å². The van der Waals surface area contributed by atoms with Crippen molar-refractivity contribution in [1.82, 2.24) is 5.32 Å². The first-order valence-electron chi connectivity index (χ1n) is 7.07. The van der Waals surface area contributed by atoms with E-state index in [1.807, 2.05) is 37.4 Å². The Balaban J connectivity index is 1.88. The van der Waals surface area contributed by atoms with Crippen molar-refractivity contribution in [1.29, 1.82) is 0 Å². The molecule has 1 saturated carbocycles. The Morgan fingerprint density at radius 3 is 2.19 bits per heavy atom. The molecule has 0 amide bonds. The molecule has 1 aliphatic rings. The summed E-state index contributed by atoms with van der Waals surface area (Å²) >= 11 is 12.6. The van der Waals surface area contributed by atoms with Crippen molar-refractivity contribution in [3.05, 3.63) is 63.6 Å². The van der Waals surface area contributed by atoms with Gasteiger partial charge in [0.1, 0.15) is 5.75 Å². The molecule has 0 aromatic heterocycles. The molecule has 1 atom stereocenters. The molecule has 0 radical (unpaired) electrons. The minimum atomic E-state index is -0.0406. The van der Waals surface area contributed by atoms with Crippen LogP contribution in [0.25, 0.3) is 0 Å². The third-order valence-corrected chi connectivity index (χ3v) is 4.28. The van der Waals surface area contributed by atoms with E-state index in [2.05, 4.69) is 17.4 Å². The average Bonchev–Trinajstić information content (AvgIpc) is 3.28. The quantitative estimate of drug-likeness (QED) is 0.850. The predicted molar refractivity (Wildman–Crippen MR) is 87.5 cm³/mol. The van der Waals surface area contributed by atoms with Crippen LogP contribution in [0, 0.1) is 0 Å².